The molecule has 0 amide bonds. The summed E-state index contributed by atoms with van der Waals surface area (Å²) < 4.78 is 10.3. The second kappa shape index (κ2) is 15.0. The number of carbonyl (C=O) groups is 1. The molecule has 0 radical (unpaired) electrons. The van der Waals surface area contributed by atoms with Gasteiger partial charge in [0.05, 0.1) is 7.11 Å². The Kier molecular flexibility index (Phi) is 13.0. The molecule has 0 spiro atoms. The topological polar surface area (TPSA) is 76.0 Å². The Balaban J connectivity index is 2.88. The Bertz CT molecular complexity index is 597. The van der Waals surface area contributed by atoms with Crippen molar-refractivity contribution in [1.82, 2.24) is 0 Å². The maximum Gasteiger partial charge on any atom is 0.511 e. The quantitative estimate of drug-likeness (QED) is 0.171. The summed E-state index contributed by atoms with van der Waals surface area (Å²) in [5.74, 6) is 0.0999. The standard InChI is InChI=1S/C24H40O5/c1-4-6-8-10-12-14-16-19-18-21(29-24(26)27)22(25)23(28-3)20(19)17-15-13-11-9-7-5-2/h18,25H,4-17H2,1-3H3,(H,26,27). The van der Waals surface area contributed by atoms with Crippen molar-refractivity contribution in [2.75, 3.05) is 7.11 Å². The second-order valence-electron chi connectivity index (χ2n) is 7.80. The second-order valence-corrected chi connectivity index (χ2v) is 7.80. The zero-order valence-corrected chi connectivity index (χ0v) is 18.6. The molecule has 5 heteroatoms. The third-order valence-corrected chi connectivity index (χ3v) is 5.40. The highest BCUT2D eigenvalue weighted by Crippen LogP contribution is 2.42. The van der Waals surface area contributed by atoms with Gasteiger partial charge >= 0.3 is 6.16 Å². The van der Waals surface area contributed by atoms with Crippen LogP contribution in [0.2, 0.25) is 0 Å². The van der Waals surface area contributed by atoms with Gasteiger partial charge < -0.3 is 19.7 Å². The maximum atomic E-state index is 11.0. The summed E-state index contributed by atoms with van der Waals surface area (Å²) in [6.45, 7) is 4.42. The third kappa shape index (κ3) is 9.42. The first-order valence-corrected chi connectivity index (χ1v) is 11.4. The van der Waals surface area contributed by atoms with Crippen molar-refractivity contribution in [2.45, 2.75) is 104 Å². The normalized spacial score (nSPS) is 10.9. The van der Waals surface area contributed by atoms with Crippen LogP contribution in [-0.2, 0) is 12.8 Å². The molecule has 5 nitrogen and oxygen atoms in total. The van der Waals surface area contributed by atoms with Crippen LogP contribution in [0.4, 0.5) is 4.79 Å². The minimum absolute atomic E-state index is 0.0398. The van der Waals surface area contributed by atoms with Gasteiger partial charge in [0.2, 0.25) is 5.75 Å². The lowest BCUT2D eigenvalue weighted by molar-refractivity contribution is 0.142. The average Bonchev–Trinajstić information content (AvgIpc) is 2.69. The van der Waals surface area contributed by atoms with Crippen molar-refractivity contribution >= 4 is 6.16 Å². The number of ether oxygens (including phenoxy) is 2. The van der Waals surface area contributed by atoms with Gasteiger partial charge in [-0.25, -0.2) is 4.79 Å². The van der Waals surface area contributed by atoms with Gasteiger partial charge in [-0.2, -0.15) is 0 Å². The molecule has 0 bridgehead atoms. The third-order valence-electron chi connectivity index (χ3n) is 5.40. The minimum atomic E-state index is -1.43. The summed E-state index contributed by atoms with van der Waals surface area (Å²) in [5, 5.41) is 19.5. The van der Waals surface area contributed by atoms with E-state index in [2.05, 4.69) is 13.8 Å². The molecular weight excluding hydrogens is 368 g/mol. The van der Waals surface area contributed by atoms with Crippen LogP contribution in [0.25, 0.3) is 0 Å². The summed E-state index contributed by atoms with van der Waals surface area (Å²) >= 11 is 0. The smallest absolute Gasteiger partial charge is 0.502 e. The van der Waals surface area contributed by atoms with Crippen molar-refractivity contribution in [3.8, 4) is 17.2 Å². The SMILES string of the molecule is CCCCCCCCc1cc(OC(=O)O)c(O)c(OC)c1CCCCCCCC. The Morgan fingerprint density at radius 3 is 1.90 bits per heavy atom. The number of aryl methyl sites for hydroxylation is 1. The number of hydrogen-bond acceptors (Lipinski definition) is 4. The van der Waals surface area contributed by atoms with E-state index in [-0.39, 0.29) is 11.5 Å². The van der Waals surface area contributed by atoms with Gasteiger partial charge in [0.25, 0.3) is 0 Å². The first-order chi connectivity index (χ1) is 14.0. The number of unbranched alkanes of at least 4 members (excludes halogenated alkanes) is 10. The predicted molar refractivity (Wildman–Crippen MR) is 117 cm³/mol. The number of carboxylic acid groups (broad SMARTS) is 1. The van der Waals surface area contributed by atoms with E-state index < -0.39 is 6.16 Å². The van der Waals surface area contributed by atoms with Crippen molar-refractivity contribution in [1.29, 1.82) is 0 Å². The molecule has 0 aliphatic carbocycles. The largest absolute Gasteiger partial charge is 0.511 e. The number of methoxy groups -OCH3 is 1. The highest BCUT2D eigenvalue weighted by molar-refractivity contribution is 5.66. The van der Waals surface area contributed by atoms with Gasteiger partial charge in [-0.1, -0.05) is 78.1 Å². The summed E-state index contributed by atoms with van der Waals surface area (Å²) in [6.07, 6.45) is 14.5. The van der Waals surface area contributed by atoms with E-state index in [1.54, 1.807) is 6.07 Å². The van der Waals surface area contributed by atoms with Gasteiger partial charge in [0.1, 0.15) is 0 Å². The van der Waals surface area contributed by atoms with E-state index in [0.717, 1.165) is 49.7 Å². The number of hydrogen-bond donors (Lipinski definition) is 2. The number of phenols is 1. The number of phenolic OH excluding ortho intramolecular Hbond substituents is 1. The average molecular weight is 409 g/mol. The van der Waals surface area contributed by atoms with Crippen molar-refractivity contribution in [2.24, 2.45) is 0 Å². The van der Waals surface area contributed by atoms with Crippen LogP contribution in [0.1, 0.15) is 102 Å². The summed E-state index contributed by atoms with van der Waals surface area (Å²) in [4.78, 5) is 11.0. The monoisotopic (exact) mass is 408 g/mol. The fraction of sp³-hybridized carbons (Fsp3) is 0.708. The molecule has 166 valence electrons. The Morgan fingerprint density at radius 1 is 0.862 bits per heavy atom. The van der Waals surface area contributed by atoms with E-state index >= 15 is 0 Å². The molecule has 0 aromatic heterocycles. The molecule has 0 atom stereocenters. The fourth-order valence-corrected chi connectivity index (χ4v) is 3.78. The van der Waals surface area contributed by atoms with Crippen LogP contribution in [0, 0.1) is 0 Å². The van der Waals surface area contributed by atoms with Crippen molar-refractivity contribution < 1.29 is 24.5 Å². The first-order valence-electron chi connectivity index (χ1n) is 11.4. The molecule has 0 unspecified atom stereocenters. The molecule has 0 saturated heterocycles. The van der Waals surface area contributed by atoms with Gasteiger partial charge in [0.15, 0.2) is 11.5 Å². The Hall–Kier alpha value is -1.91. The molecule has 2 N–H and O–H groups in total. The van der Waals surface area contributed by atoms with Crippen LogP contribution < -0.4 is 9.47 Å². The molecular formula is C24H40O5. The zero-order chi connectivity index (χ0) is 21.5. The van der Waals surface area contributed by atoms with Gasteiger partial charge in [0, 0.05) is 5.56 Å². The predicted octanol–water partition coefficient (Wildman–Crippen LogP) is 7.26. The summed E-state index contributed by atoms with van der Waals surface area (Å²) in [6, 6.07) is 1.68. The summed E-state index contributed by atoms with van der Waals surface area (Å²) in [7, 11) is 1.51. The van der Waals surface area contributed by atoms with Gasteiger partial charge in [-0.15, -0.1) is 0 Å². The van der Waals surface area contributed by atoms with Crippen molar-refractivity contribution in [3.63, 3.8) is 0 Å². The molecule has 0 fully saturated rings. The van der Waals surface area contributed by atoms with Crippen LogP contribution in [-0.4, -0.2) is 23.5 Å². The van der Waals surface area contributed by atoms with Crippen LogP contribution in [0.5, 0.6) is 17.2 Å². The van der Waals surface area contributed by atoms with Crippen molar-refractivity contribution in [3.05, 3.63) is 17.2 Å². The Labute approximate surface area is 176 Å². The van der Waals surface area contributed by atoms with E-state index in [0.29, 0.717) is 5.75 Å². The molecule has 0 heterocycles. The van der Waals surface area contributed by atoms with E-state index in [4.69, 9.17) is 14.6 Å². The maximum absolute atomic E-state index is 11.0. The number of benzene rings is 1. The van der Waals surface area contributed by atoms with Crippen LogP contribution in [0.15, 0.2) is 6.07 Å². The molecule has 0 aliphatic heterocycles. The fourth-order valence-electron chi connectivity index (χ4n) is 3.78. The molecule has 0 aliphatic rings. The Morgan fingerprint density at radius 2 is 1.38 bits per heavy atom. The van der Waals surface area contributed by atoms with E-state index in [1.807, 2.05) is 0 Å². The lowest BCUT2D eigenvalue weighted by atomic mass is 9.94. The number of aromatic hydroxyl groups is 1. The zero-order valence-electron chi connectivity index (χ0n) is 18.6. The van der Waals surface area contributed by atoms with E-state index in [9.17, 15) is 9.90 Å². The lowest BCUT2D eigenvalue weighted by Crippen LogP contribution is -2.07. The highest BCUT2D eigenvalue weighted by atomic mass is 16.7. The molecule has 29 heavy (non-hydrogen) atoms. The highest BCUT2D eigenvalue weighted by Gasteiger charge is 2.20. The van der Waals surface area contributed by atoms with Gasteiger partial charge in [-0.05, 0) is 37.3 Å². The molecule has 1 aromatic rings. The van der Waals surface area contributed by atoms with E-state index in [1.165, 1.54) is 58.5 Å². The van der Waals surface area contributed by atoms with Gasteiger partial charge in [-0.3, -0.25) is 0 Å². The summed E-state index contributed by atoms with van der Waals surface area (Å²) in [5.41, 5.74) is 2.02. The molecule has 0 saturated carbocycles. The minimum Gasteiger partial charge on any atom is -0.502 e. The molecule has 1 rings (SSSR count). The van der Waals surface area contributed by atoms with Crippen LogP contribution >= 0.6 is 0 Å². The molecule has 1 aromatic carbocycles. The number of rotatable bonds is 16. The lowest BCUT2D eigenvalue weighted by Gasteiger charge is -2.18. The van der Waals surface area contributed by atoms with Crippen LogP contribution in [0.3, 0.4) is 0 Å². The first kappa shape index (κ1) is 25.1.